The Morgan fingerprint density at radius 2 is 1.57 bits per heavy atom. The van der Waals surface area contributed by atoms with Gasteiger partial charge in [-0.2, -0.15) is 0 Å². The van der Waals surface area contributed by atoms with Crippen LogP contribution >= 0.6 is 0 Å². The van der Waals surface area contributed by atoms with Crippen molar-refractivity contribution >= 4 is 23.5 Å². The fraction of sp³-hybridized carbons (Fsp3) is 0.160. The lowest BCUT2D eigenvalue weighted by Gasteiger charge is -2.24. The quantitative estimate of drug-likeness (QED) is 0.540. The van der Waals surface area contributed by atoms with Gasteiger partial charge in [0, 0.05) is 12.2 Å². The molecule has 1 N–H and O–H groups in total. The highest BCUT2D eigenvalue weighted by molar-refractivity contribution is 6.03. The Hall–Kier alpha value is -3.73. The third kappa shape index (κ3) is 5.41. The van der Waals surface area contributed by atoms with E-state index in [9.17, 15) is 4.79 Å². The molecule has 0 aromatic heterocycles. The minimum absolute atomic E-state index is 0.245. The first kappa shape index (κ1) is 21.0. The van der Waals surface area contributed by atoms with Crippen LogP contribution in [0.5, 0.6) is 11.5 Å². The van der Waals surface area contributed by atoms with Crippen LogP contribution < -0.4 is 19.7 Å². The Kier molecular flexibility index (Phi) is 7.11. The van der Waals surface area contributed by atoms with Gasteiger partial charge >= 0.3 is 6.03 Å². The topological polar surface area (TPSA) is 50.8 Å². The summed E-state index contributed by atoms with van der Waals surface area (Å²) in [5.74, 6) is 1.34. The zero-order valence-corrected chi connectivity index (χ0v) is 17.5. The number of carbonyl (C=O) groups is 1. The van der Waals surface area contributed by atoms with Crippen LogP contribution in [0, 0.1) is 0 Å². The van der Waals surface area contributed by atoms with Crippen LogP contribution in [-0.4, -0.2) is 26.8 Å². The van der Waals surface area contributed by atoms with E-state index < -0.39 is 0 Å². The molecule has 0 bridgehead atoms. The molecule has 5 nitrogen and oxygen atoms in total. The summed E-state index contributed by atoms with van der Waals surface area (Å²) in [5.41, 5.74) is 3.53. The van der Waals surface area contributed by atoms with Crippen molar-refractivity contribution in [2.75, 3.05) is 31.0 Å². The maximum Gasteiger partial charge on any atom is 0.326 e. The number of urea groups is 1. The summed E-state index contributed by atoms with van der Waals surface area (Å²) in [5, 5.41) is 2.96. The summed E-state index contributed by atoms with van der Waals surface area (Å²) in [7, 11) is 3.20. The first-order valence-corrected chi connectivity index (χ1v) is 9.68. The van der Waals surface area contributed by atoms with E-state index in [4.69, 9.17) is 9.47 Å². The number of hydrogen-bond acceptors (Lipinski definition) is 3. The number of amides is 2. The average Bonchev–Trinajstić information content (AvgIpc) is 2.78. The Bertz CT molecular complexity index is 998. The number of benzene rings is 3. The molecule has 0 saturated heterocycles. The number of ether oxygens (including phenoxy) is 2. The molecule has 0 aliphatic heterocycles. The molecule has 0 radical (unpaired) electrons. The van der Waals surface area contributed by atoms with Gasteiger partial charge in [-0.15, -0.1) is 0 Å². The smallest absolute Gasteiger partial charge is 0.326 e. The molecule has 3 aromatic carbocycles. The number of carbonyl (C=O) groups excluding carboxylic acids is 1. The van der Waals surface area contributed by atoms with Gasteiger partial charge in [-0.3, -0.25) is 4.90 Å². The molecule has 5 heteroatoms. The lowest BCUT2D eigenvalue weighted by Crippen LogP contribution is -2.36. The molecule has 2 amide bonds. The third-order valence-corrected chi connectivity index (χ3v) is 4.60. The van der Waals surface area contributed by atoms with Crippen molar-refractivity contribution < 1.29 is 14.3 Å². The predicted octanol–water partition coefficient (Wildman–Crippen LogP) is 5.85. The number of nitrogens with zero attached hydrogens (tertiary/aromatic N) is 1. The minimum atomic E-state index is -0.245. The molecule has 3 aromatic rings. The summed E-state index contributed by atoms with van der Waals surface area (Å²) >= 11 is 0. The molecule has 0 aliphatic rings. The number of rotatable bonds is 7. The van der Waals surface area contributed by atoms with E-state index in [1.807, 2.05) is 85.8 Å². The average molecular weight is 402 g/mol. The van der Waals surface area contributed by atoms with E-state index in [-0.39, 0.29) is 6.03 Å². The van der Waals surface area contributed by atoms with Crippen LogP contribution in [0.3, 0.4) is 0 Å². The number of para-hydroxylation sites is 2. The molecule has 0 aliphatic carbocycles. The molecule has 0 fully saturated rings. The van der Waals surface area contributed by atoms with Crippen LogP contribution in [0.2, 0.25) is 0 Å². The van der Waals surface area contributed by atoms with Gasteiger partial charge in [-0.05, 0) is 48.9 Å². The van der Waals surface area contributed by atoms with Gasteiger partial charge in [-0.25, -0.2) is 4.79 Å². The second-order valence-corrected chi connectivity index (χ2v) is 6.82. The number of methoxy groups -OCH3 is 2. The van der Waals surface area contributed by atoms with Gasteiger partial charge in [0.2, 0.25) is 0 Å². The highest BCUT2D eigenvalue weighted by Gasteiger charge is 2.18. The lowest BCUT2D eigenvalue weighted by molar-refractivity contribution is 0.257. The zero-order valence-electron chi connectivity index (χ0n) is 17.5. The van der Waals surface area contributed by atoms with Crippen LogP contribution in [0.4, 0.5) is 16.2 Å². The van der Waals surface area contributed by atoms with Gasteiger partial charge in [0.05, 0.1) is 19.9 Å². The lowest BCUT2D eigenvalue weighted by atomic mass is 10.1. The highest BCUT2D eigenvalue weighted by atomic mass is 16.5. The van der Waals surface area contributed by atoms with Crippen molar-refractivity contribution in [1.29, 1.82) is 0 Å². The van der Waals surface area contributed by atoms with Crippen LogP contribution in [0.25, 0.3) is 6.08 Å². The molecule has 0 unspecified atom stereocenters. The Balaban J connectivity index is 1.88. The minimum Gasteiger partial charge on any atom is -0.497 e. The predicted molar refractivity (Wildman–Crippen MR) is 122 cm³/mol. The number of anilines is 2. The van der Waals surface area contributed by atoms with E-state index in [1.165, 1.54) is 0 Å². The van der Waals surface area contributed by atoms with Gasteiger partial charge in [0.15, 0.2) is 0 Å². The van der Waals surface area contributed by atoms with Gasteiger partial charge < -0.3 is 14.8 Å². The largest absolute Gasteiger partial charge is 0.497 e. The van der Waals surface area contributed by atoms with E-state index in [1.54, 1.807) is 19.1 Å². The fourth-order valence-corrected chi connectivity index (χ4v) is 3.10. The molecule has 0 heterocycles. The molecular weight excluding hydrogens is 376 g/mol. The molecule has 154 valence electrons. The van der Waals surface area contributed by atoms with E-state index in [0.717, 1.165) is 22.6 Å². The normalized spacial score (nSPS) is 11.0. The summed E-state index contributed by atoms with van der Waals surface area (Å²) in [6.45, 7) is 2.45. The Morgan fingerprint density at radius 1 is 0.900 bits per heavy atom. The molecular formula is C25H26N2O3. The third-order valence-electron chi connectivity index (χ3n) is 4.60. The summed E-state index contributed by atoms with van der Waals surface area (Å²) in [6.07, 6.45) is 2.08. The summed E-state index contributed by atoms with van der Waals surface area (Å²) in [4.78, 5) is 14.9. The van der Waals surface area contributed by atoms with Gasteiger partial charge in [-0.1, -0.05) is 54.1 Å². The van der Waals surface area contributed by atoms with Crippen molar-refractivity contribution in [3.05, 3.63) is 90.0 Å². The van der Waals surface area contributed by atoms with Crippen LogP contribution in [-0.2, 0) is 0 Å². The summed E-state index contributed by atoms with van der Waals surface area (Å²) in [6, 6.07) is 24.6. The molecule has 0 spiro atoms. The maximum absolute atomic E-state index is 13.2. The monoisotopic (exact) mass is 402 g/mol. The van der Waals surface area contributed by atoms with Crippen molar-refractivity contribution in [1.82, 2.24) is 0 Å². The Labute approximate surface area is 177 Å². The number of hydrogen-bond donors (Lipinski definition) is 1. The van der Waals surface area contributed by atoms with Gasteiger partial charge in [0.25, 0.3) is 0 Å². The van der Waals surface area contributed by atoms with E-state index in [0.29, 0.717) is 18.0 Å². The van der Waals surface area contributed by atoms with Crippen LogP contribution in [0.15, 0.2) is 84.4 Å². The SMILES string of the molecule is COc1ccc(N(C/C(C)=C/c2ccccc2)C(=O)Nc2ccccc2OC)cc1. The van der Waals surface area contributed by atoms with Crippen LogP contribution in [0.1, 0.15) is 12.5 Å². The van der Waals surface area contributed by atoms with E-state index >= 15 is 0 Å². The highest BCUT2D eigenvalue weighted by Crippen LogP contribution is 2.26. The first-order valence-electron chi connectivity index (χ1n) is 9.68. The first-order chi connectivity index (χ1) is 14.6. The summed E-state index contributed by atoms with van der Waals surface area (Å²) < 4.78 is 10.6. The second kappa shape index (κ2) is 10.2. The molecule has 0 atom stereocenters. The molecule has 3 rings (SSSR count). The number of nitrogens with one attached hydrogen (secondary N) is 1. The van der Waals surface area contributed by atoms with Crippen molar-refractivity contribution in [3.63, 3.8) is 0 Å². The zero-order chi connectivity index (χ0) is 21.3. The Morgan fingerprint density at radius 3 is 2.23 bits per heavy atom. The second-order valence-electron chi connectivity index (χ2n) is 6.82. The fourth-order valence-electron chi connectivity index (χ4n) is 3.10. The molecule has 0 saturated carbocycles. The maximum atomic E-state index is 13.2. The standard InChI is InChI=1S/C25H26N2O3/c1-19(17-20-9-5-4-6-10-20)18-27(21-13-15-22(29-2)16-14-21)25(28)26-23-11-7-8-12-24(23)30-3/h4-17H,18H2,1-3H3,(H,26,28)/b19-17+. The molecule has 30 heavy (non-hydrogen) atoms. The van der Waals surface area contributed by atoms with Crippen molar-refractivity contribution in [2.24, 2.45) is 0 Å². The van der Waals surface area contributed by atoms with E-state index in [2.05, 4.69) is 11.4 Å². The van der Waals surface area contributed by atoms with Gasteiger partial charge in [0.1, 0.15) is 11.5 Å². The van der Waals surface area contributed by atoms with Crippen molar-refractivity contribution in [2.45, 2.75) is 6.92 Å². The van der Waals surface area contributed by atoms with Crippen molar-refractivity contribution in [3.8, 4) is 11.5 Å².